The van der Waals surface area contributed by atoms with Crippen molar-refractivity contribution in [2.24, 2.45) is 0 Å². The van der Waals surface area contributed by atoms with E-state index in [-0.39, 0.29) is 0 Å². The first-order chi connectivity index (χ1) is 7.61. The Balaban J connectivity index is 2.40. The van der Waals surface area contributed by atoms with E-state index in [9.17, 15) is 0 Å². The number of hydrogen-bond donors (Lipinski definition) is 4. The van der Waals surface area contributed by atoms with Gasteiger partial charge in [-0.05, 0) is 0 Å². The molecule has 0 saturated carbocycles. The van der Waals surface area contributed by atoms with Gasteiger partial charge in [-0.3, -0.25) is 0 Å². The molecular formula is C10H12NOS4. The fraction of sp³-hybridized carbons (Fsp3) is 0.400. The number of rotatable bonds is 1. The topological polar surface area (TPSA) is 12.5 Å². The SMILES string of the molecule is Sc1[c]c(N2CCOCC2)c(S)c(S)c1S. The minimum Gasteiger partial charge on any atom is -0.378 e. The number of hydrogen-bond acceptors (Lipinski definition) is 6. The van der Waals surface area contributed by atoms with E-state index in [4.69, 9.17) is 4.74 Å². The van der Waals surface area contributed by atoms with Crippen LogP contribution in [0.5, 0.6) is 0 Å². The predicted molar refractivity (Wildman–Crippen MR) is 77.3 cm³/mol. The lowest BCUT2D eigenvalue weighted by Crippen LogP contribution is -2.36. The molecule has 1 fully saturated rings. The molecule has 0 aliphatic carbocycles. The Morgan fingerprint density at radius 2 is 1.56 bits per heavy atom. The fourth-order valence-corrected chi connectivity index (χ4v) is 2.67. The summed E-state index contributed by atoms with van der Waals surface area (Å²) in [5.74, 6) is 0. The molecule has 2 nitrogen and oxygen atoms in total. The van der Waals surface area contributed by atoms with E-state index in [0.717, 1.165) is 41.8 Å². The number of anilines is 1. The molecule has 0 unspecified atom stereocenters. The van der Waals surface area contributed by atoms with E-state index in [0.29, 0.717) is 9.79 Å². The van der Waals surface area contributed by atoms with Crippen LogP contribution in [-0.4, -0.2) is 26.3 Å². The lowest BCUT2D eigenvalue weighted by atomic mass is 10.2. The number of morpholine rings is 1. The van der Waals surface area contributed by atoms with E-state index in [2.05, 4.69) is 61.5 Å². The molecule has 2 rings (SSSR count). The van der Waals surface area contributed by atoms with E-state index in [1.165, 1.54) is 0 Å². The van der Waals surface area contributed by atoms with Crippen molar-refractivity contribution in [1.82, 2.24) is 0 Å². The number of thiol groups is 4. The van der Waals surface area contributed by atoms with Gasteiger partial charge >= 0.3 is 0 Å². The Morgan fingerprint density at radius 3 is 2.19 bits per heavy atom. The van der Waals surface area contributed by atoms with Crippen molar-refractivity contribution in [1.29, 1.82) is 0 Å². The molecule has 1 aromatic carbocycles. The fourth-order valence-electron chi connectivity index (χ4n) is 1.58. The monoisotopic (exact) mass is 290 g/mol. The quantitative estimate of drug-likeness (QED) is 0.593. The maximum atomic E-state index is 5.31. The highest BCUT2D eigenvalue weighted by molar-refractivity contribution is 7.86. The summed E-state index contributed by atoms with van der Waals surface area (Å²) in [6, 6.07) is 3.19. The van der Waals surface area contributed by atoms with Gasteiger partial charge in [0.15, 0.2) is 0 Å². The van der Waals surface area contributed by atoms with E-state index in [1.54, 1.807) is 0 Å². The number of ether oxygens (including phenoxy) is 1. The van der Waals surface area contributed by atoms with Crippen molar-refractivity contribution in [3.63, 3.8) is 0 Å². The van der Waals surface area contributed by atoms with Gasteiger partial charge < -0.3 is 9.64 Å². The largest absolute Gasteiger partial charge is 0.378 e. The van der Waals surface area contributed by atoms with Gasteiger partial charge in [0.05, 0.1) is 18.9 Å². The first-order valence-corrected chi connectivity index (χ1v) is 6.62. The molecule has 0 atom stereocenters. The molecule has 0 N–H and O–H groups in total. The second kappa shape index (κ2) is 5.35. The zero-order valence-electron chi connectivity index (χ0n) is 8.47. The molecule has 1 aliphatic rings. The third kappa shape index (κ3) is 2.46. The van der Waals surface area contributed by atoms with E-state index < -0.39 is 0 Å². The Labute approximate surface area is 117 Å². The Bertz CT molecular complexity index is 404. The summed E-state index contributed by atoms with van der Waals surface area (Å²) in [6.45, 7) is 3.15. The summed E-state index contributed by atoms with van der Waals surface area (Å²) in [7, 11) is 0. The van der Waals surface area contributed by atoms with Crippen LogP contribution in [0.1, 0.15) is 0 Å². The summed E-state index contributed by atoms with van der Waals surface area (Å²) in [4.78, 5) is 5.14. The van der Waals surface area contributed by atoms with Crippen LogP contribution < -0.4 is 4.90 Å². The highest BCUT2D eigenvalue weighted by atomic mass is 32.1. The second-order valence-corrected chi connectivity index (χ2v) is 5.26. The van der Waals surface area contributed by atoms with Crippen LogP contribution in [0.4, 0.5) is 5.69 Å². The van der Waals surface area contributed by atoms with Crippen LogP contribution >= 0.6 is 50.5 Å². The van der Waals surface area contributed by atoms with Crippen molar-refractivity contribution in [3.8, 4) is 0 Å². The van der Waals surface area contributed by atoms with Crippen LogP contribution in [0, 0.1) is 6.07 Å². The average Bonchev–Trinajstić information content (AvgIpc) is 2.32. The molecule has 0 bridgehead atoms. The van der Waals surface area contributed by atoms with Gasteiger partial charge in [0.2, 0.25) is 0 Å². The Kier molecular flexibility index (Phi) is 4.29. The summed E-state index contributed by atoms with van der Waals surface area (Å²) < 4.78 is 5.31. The molecule has 1 saturated heterocycles. The van der Waals surface area contributed by atoms with Crippen molar-refractivity contribution in [3.05, 3.63) is 6.07 Å². The van der Waals surface area contributed by atoms with Crippen molar-refractivity contribution < 1.29 is 4.74 Å². The van der Waals surface area contributed by atoms with E-state index >= 15 is 0 Å². The highest BCUT2D eigenvalue weighted by Crippen LogP contribution is 2.38. The van der Waals surface area contributed by atoms with Crippen molar-refractivity contribution >= 4 is 56.2 Å². The molecule has 1 aromatic rings. The van der Waals surface area contributed by atoms with Crippen molar-refractivity contribution in [2.75, 3.05) is 31.2 Å². The first kappa shape index (κ1) is 12.8. The normalized spacial score (nSPS) is 16.6. The minimum atomic E-state index is 0.702. The van der Waals surface area contributed by atoms with Crippen LogP contribution in [0.15, 0.2) is 19.6 Å². The van der Waals surface area contributed by atoms with Crippen LogP contribution in [-0.2, 0) is 4.74 Å². The van der Waals surface area contributed by atoms with Crippen LogP contribution in [0.25, 0.3) is 0 Å². The lowest BCUT2D eigenvalue weighted by molar-refractivity contribution is 0.122. The molecule has 0 spiro atoms. The van der Waals surface area contributed by atoms with Crippen LogP contribution in [0.2, 0.25) is 0 Å². The summed E-state index contributed by atoms with van der Waals surface area (Å²) in [5, 5.41) is 0. The number of nitrogens with zero attached hydrogens (tertiary/aromatic N) is 1. The predicted octanol–water partition coefficient (Wildman–Crippen LogP) is 2.48. The molecule has 6 heteroatoms. The molecule has 1 aliphatic heterocycles. The molecule has 1 heterocycles. The standard InChI is InChI=1S/C10H12NOS4/c13-7-5-6(8(14)10(16)9(7)15)11-1-3-12-4-2-11/h13-16H,1-4H2. The summed E-state index contributed by atoms with van der Waals surface area (Å²) in [6.07, 6.45) is 0. The third-order valence-electron chi connectivity index (χ3n) is 2.46. The highest BCUT2D eigenvalue weighted by Gasteiger charge is 2.17. The van der Waals surface area contributed by atoms with Gasteiger partial charge in [-0.25, -0.2) is 0 Å². The average molecular weight is 290 g/mol. The van der Waals surface area contributed by atoms with Gasteiger partial charge in [-0.2, -0.15) is 0 Å². The molecule has 1 radical (unpaired) electrons. The minimum absolute atomic E-state index is 0.702. The van der Waals surface area contributed by atoms with Gasteiger partial charge in [0.25, 0.3) is 0 Å². The first-order valence-electron chi connectivity index (χ1n) is 4.83. The van der Waals surface area contributed by atoms with E-state index in [1.807, 2.05) is 0 Å². The molecule has 87 valence electrons. The molecule has 16 heavy (non-hydrogen) atoms. The molecule has 0 amide bonds. The Hall–Kier alpha value is 0.380. The summed E-state index contributed by atoms with van der Waals surface area (Å²) >= 11 is 17.5. The van der Waals surface area contributed by atoms with Gasteiger partial charge in [0, 0.05) is 38.7 Å². The number of benzene rings is 1. The second-order valence-electron chi connectivity index (χ2n) is 3.47. The maximum absolute atomic E-state index is 5.31. The Morgan fingerprint density at radius 1 is 0.938 bits per heavy atom. The molecular weight excluding hydrogens is 278 g/mol. The maximum Gasteiger partial charge on any atom is 0.0642 e. The third-order valence-corrected chi connectivity index (χ3v) is 4.66. The van der Waals surface area contributed by atoms with Gasteiger partial charge in [-0.15, -0.1) is 50.5 Å². The smallest absolute Gasteiger partial charge is 0.0642 e. The van der Waals surface area contributed by atoms with Gasteiger partial charge in [0.1, 0.15) is 0 Å². The van der Waals surface area contributed by atoms with Gasteiger partial charge in [-0.1, -0.05) is 0 Å². The van der Waals surface area contributed by atoms with Crippen LogP contribution in [0.3, 0.4) is 0 Å². The lowest BCUT2D eigenvalue weighted by Gasteiger charge is -2.30. The zero-order valence-corrected chi connectivity index (χ0v) is 12.1. The summed E-state index contributed by atoms with van der Waals surface area (Å²) in [5.41, 5.74) is 0.930. The zero-order chi connectivity index (χ0) is 11.7. The van der Waals surface area contributed by atoms with Crippen molar-refractivity contribution in [2.45, 2.75) is 19.6 Å². The molecule has 0 aromatic heterocycles.